The van der Waals surface area contributed by atoms with Crippen molar-refractivity contribution in [3.63, 3.8) is 0 Å². The van der Waals surface area contributed by atoms with E-state index < -0.39 is 0 Å². The molecule has 0 atom stereocenters. The molecule has 1 aliphatic heterocycles. The molecule has 72 valence electrons. The van der Waals surface area contributed by atoms with Crippen LogP contribution in [0.3, 0.4) is 0 Å². The summed E-state index contributed by atoms with van der Waals surface area (Å²) in [6.07, 6.45) is 3.58. The van der Waals surface area contributed by atoms with E-state index in [2.05, 4.69) is 13.8 Å². The van der Waals surface area contributed by atoms with E-state index in [9.17, 15) is 0 Å². The van der Waals surface area contributed by atoms with Crippen molar-refractivity contribution in [1.82, 2.24) is 0 Å². The van der Waals surface area contributed by atoms with Crippen molar-refractivity contribution in [2.75, 3.05) is 26.4 Å². The van der Waals surface area contributed by atoms with Gasteiger partial charge in [0.25, 0.3) is 0 Å². The predicted molar refractivity (Wildman–Crippen MR) is 49.3 cm³/mol. The highest BCUT2D eigenvalue weighted by atomic mass is 16.5. The molecule has 0 radical (unpaired) electrons. The van der Waals surface area contributed by atoms with Crippen LogP contribution in [0, 0.1) is 5.41 Å². The molecule has 0 spiro atoms. The second-order valence-corrected chi connectivity index (χ2v) is 3.75. The molecule has 0 bridgehead atoms. The van der Waals surface area contributed by atoms with E-state index in [0.29, 0.717) is 5.41 Å². The lowest BCUT2D eigenvalue weighted by atomic mass is 9.84. The molecule has 1 fully saturated rings. The van der Waals surface area contributed by atoms with Gasteiger partial charge in [0.05, 0.1) is 19.8 Å². The van der Waals surface area contributed by atoms with E-state index in [1.165, 1.54) is 19.3 Å². The van der Waals surface area contributed by atoms with Crippen molar-refractivity contribution in [2.24, 2.45) is 5.41 Å². The zero-order chi connectivity index (χ0) is 8.86. The third kappa shape index (κ3) is 2.46. The van der Waals surface area contributed by atoms with Crippen LogP contribution in [0.25, 0.3) is 0 Å². The zero-order valence-electron chi connectivity index (χ0n) is 8.27. The summed E-state index contributed by atoms with van der Waals surface area (Å²) in [6.45, 7) is 8.00. The first kappa shape index (κ1) is 10.0. The van der Waals surface area contributed by atoms with Gasteiger partial charge < -0.3 is 9.47 Å². The summed E-state index contributed by atoms with van der Waals surface area (Å²) in [7, 11) is 0. The predicted octanol–water partition coefficient (Wildman–Crippen LogP) is 2.23. The molecule has 0 aliphatic carbocycles. The van der Waals surface area contributed by atoms with Crippen molar-refractivity contribution < 1.29 is 9.47 Å². The molecular formula is C10H20O2. The van der Waals surface area contributed by atoms with Gasteiger partial charge in [-0.25, -0.2) is 0 Å². The van der Waals surface area contributed by atoms with Crippen LogP contribution in [-0.4, -0.2) is 26.4 Å². The number of rotatable bonds is 6. The topological polar surface area (TPSA) is 18.5 Å². The number of hydrogen-bond donors (Lipinski definition) is 0. The summed E-state index contributed by atoms with van der Waals surface area (Å²) in [6, 6.07) is 0. The molecule has 0 aromatic heterocycles. The fourth-order valence-corrected chi connectivity index (χ4v) is 1.32. The van der Waals surface area contributed by atoms with Crippen LogP contribution in [0.15, 0.2) is 0 Å². The average Bonchev–Trinajstić information content (AvgIpc) is 2.02. The first-order valence-corrected chi connectivity index (χ1v) is 4.98. The first-order valence-electron chi connectivity index (χ1n) is 4.98. The molecule has 1 heterocycles. The van der Waals surface area contributed by atoms with Crippen molar-refractivity contribution in [2.45, 2.75) is 33.1 Å². The Kier molecular flexibility index (Phi) is 4.02. The minimum atomic E-state index is 0.369. The third-order valence-electron chi connectivity index (χ3n) is 2.62. The second kappa shape index (κ2) is 4.83. The van der Waals surface area contributed by atoms with Gasteiger partial charge in [0, 0.05) is 12.0 Å². The molecule has 0 aromatic rings. The maximum Gasteiger partial charge on any atom is 0.0566 e. The maximum absolute atomic E-state index is 5.59. The summed E-state index contributed by atoms with van der Waals surface area (Å²) in [5.41, 5.74) is 0.369. The fraction of sp³-hybridized carbons (Fsp3) is 1.00. The van der Waals surface area contributed by atoms with Crippen LogP contribution < -0.4 is 0 Å². The monoisotopic (exact) mass is 172 g/mol. The summed E-state index contributed by atoms with van der Waals surface area (Å²) < 4.78 is 10.8. The Hall–Kier alpha value is -0.0800. The molecule has 0 unspecified atom stereocenters. The Labute approximate surface area is 75.2 Å². The molecular weight excluding hydrogens is 152 g/mol. The van der Waals surface area contributed by atoms with Crippen molar-refractivity contribution >= 4 is 0 Å². The number of ether oxygens (including phenoxy) is 2. The minimum absolute atomic E-state index is 0.369. The van der Waals surface area contributed by atoms with Crippen LogP contribution in [-0.2, 0) is 9.47 Å². The smallest absolute Gasteiger partial charge is 0.0566 e. The van der Waals surface area contributed by atoms with Gasteiger partial charge >= 0.3 is 0 Å². The van der Waals surface area contributed by atoms with Gasteiger partial charge in [-0.3, -0.25) is 0 Å². The molecule has 0 saturated carbocycles. The van der Waals surface area contributed by atoms with Gasteiger partial charge in [0.1, 0.15) is 0 Å². The van der Waals surface area contributed by atoms with E-state index in [1.807, 2.05) is 0 Å². The quantitative estimate of drug-likeness (QED) is 0.572. The van der Waals surface area contributed by atoms with Crippen LogP contribution in [0.4, 0.5) is 0 Å². The highest BCUT2D eigenvalue weighted by molar-refractivity contribution is 4.83. The Morgan fingerprint density at radius 3 is 2.50 bits per heavy atom. The fourth-order valence-electron chi connectivity index (χ4n) is 1.32. The average molecular weight is 172 g/mol. The number of unbranched alkanes of at least 4 members (excludes halogenated alkanes) is 1. The zero-order valence-corrected chi connectivity index (χ0v) is 8.27. The minimum Gasteiger partial charge on any atom is -0.381 e. The van der Waals surface area contributed by atoms with Crippen LogP contribution >= 0.6 is 0 Å². The van der Waals surface area contributed by atoms with Crippen LogP contribution in [0.1, 0.15) is 33.1 Å². The summed E-state index contributed by atoms with van der Waals surface area (Å²) in [5.74, 6) is 0. The SMILES string of the molecule is CCCCOCC1(CC)COC1. The highest BCUT2D eigenvalue weighted by Gasteiger charge is 2.36. The lowest BCUT2D eigenvalue weighted by molar-refractivity contribution is -0.150. The van der Waals surface area contributed by atoms with Crippen LogP contribution in [0.2, 0.25) is 0 Å². The largest absolute Gasteiger partial charge is 0.381 e. The van der Waals surface area contributed by atoms with E-state index >= 15 is 0 Å². The molecule has 12 heavy (non-hydrogen) atoms. The Morgan fingerprint density at radius 1 is 1.33 bits per heavy atom. The Morgan fingerprint density at radius 2 is 2.08 bits per heavy atom. The number of hydrogen-bond acceptors (Lipinski definition) is 2. The van der Waals surface area contributed by atoms with Crippen molar-refractivity contribution in [3.05, 3.63) is 0 Å². The van der Waals surface area contributed by atoms with E-state index in [0.717, 1.165) is 26.4 Å². The van der Waals surface area contributed by atoms with Gasteiger partial charge in [-0.2, -0.15) is 0 Å². The molecule has 1 rings (SSSR count). The standard InChI is InChI=1S/C10H20O2/c1-3-5-6-11-7-10(4-2)8-12-9-10/h3-9H2,1-2H3. The van der Waals surface area contributed by atoms with Gasteiger partial charge in [0.15, 0.2) is 0 Å². The lowest BCUT2D eigenvalue weighted by Crippen LogP contribution is -2.45. The molecule has 1 aliphatic rings. The normalized spacial score (nSPS) is 20.5. The Balaban J connectivity index is 2.04. The molecule has 0 amide bonds. The summed E-state index contributed by atoms with van der Waals surface area (Å²) in [5, 5.41) is 0. The highest BCUT2D eigenvalue weighted by Crippen LogP contribution is 2.31. The van der Waals surface area contributed by atoms with E-state index in [4.69, 9.17) is 9.47 Å². The van der Waals surface area contributed by atoms with Gasteiger partial charge in [-0.15, -0.1) is 0 Å². The van der Waals surface area contributed by atoms with Crippen molar-refractivity contribution in [1.29, 1.82) is 0 Å². The molecule has 1 saturated heterocycles. The molecule has 0 N–H and O–H groups in total. The maximum atomic E-state index is 5.59. The summed E-state index contributed by atoms with van der Waals surface area (Å²) >= 11 is 0. The lowest BCUT2D eigenvalue weighted by Gasteiger charge is -2.40. The van der Waals surface area contributed by atoms with Gasteiger partial charge in [-0.1, -0.05) is 20.3 Å². The molecule has 0 aromatic carbocycles. The second-order valence-electron chi connectivity index (χ2n) is 3.75. The van der Waals surface area contributed by atoms with Gasteiger partial charge in [-0.05, 0) is 12.8 Å². The van der Waals surface area contributed by atoms with E-state index in [1.54, 1.807) is 0 Å². The molecule has 2 heteroatoms. The van der Waals surface area contributed by atoms with Crippen molar-refractivity contribution in [3.8, 4) is 0 Å². The third-order valence-corrected chi connectivity index (χ3v) is 2.62. The Bertz CT molecular complexity index is 113. The van der Waals surface area contributed by atoms with Gasteiger partial charge in [0.2, 0.25) is 0 Å². The van der Waals surface area contributed by atoms with Crippen LogP contribution in [0.5, 0.6) is 0 Å². The molecule has 2 nitrogen and oxygen atoms in total. The first-order chi connectivity index (χ1) is 5.83. The van der Waals surface area contributed by atoms with E-state index in [-0.39, 0.29) is 0 Å². The summed E-state index contributed by atoms with van der Waals surface area (Å²) in [4.78, 5) is 0.